The average Bonchev–Trinajstić information content (AvgIpc) is 2.44. The quantitative estimate of drug-likeness (QED) is 0.538. The Balaban J connectivity index is 2.25. The molecule has 0 aliphatic heterocycles. The molecular weight excluding hydrogens is 124 g/mol. The van der Waals surface area contributed by atoms with Gasteiger partial charge in [-0.3, -0.25) is 4.79 Å². The number of ketones is 1. The molecule has 2 atom stereocenters. The van der Waals surface area contributed by atoms with Crippen molar-refractivity contribution in [2.75, 3.05) is 0 Å². The van der Waals surface area contributed by atoms with E-state index in [-0.39, 0.29) is 0 Å². The molecule has 0 spiro atoms. The van der Waals surface area contributed by atoms with Crippen LogP contribution in [0.4, 0.5) is 0 Å². The molecule has 2 aliphatic carbocycles. The van der Waals surface area contributed by atoms with E-state index < -0.39 is 0 Å². The number of hydrogen-bond donors (Lipinski definition) is 0. The van der Waals surface area contributed by atoms with Crippen LogP contribution in [0.1, 0.15) is 26.2 Å². The van der Waals surface area contributed by atoms with Crippen LogP contribution in [-0.2, 0) is 4.79 Å². The van der Waals surface area contributed by atoms with Crippen LogP contribution in [0.15, 0.2) is 11.6 Å². The maximum Gasteiger partial charge on any atom is 0.155 e. The fourth-order valence-electron chi connectivity index (χ4n) is 2.25. The maximum atomic E-state index is 11.0. The molecule has 0 N–H and O–H groups in total. The number of hydrogen-bond acceptors (Lipinski definition) is 1. The van der Waals surface area contributed by atoms with Gasteiger partial charge in [-0.2, -0.15) is 0 Å². The summed E-state index contributed by atoms with van der Waals surface area (Å²) in [5, 5.41) is 0. The van der Waals surface area contributed by atoms with E-state index in [0.29, 0.717) is 11.7 Å². The van der Waals surface area contributed by atoms with Gasteiger partial charge in [0, 0.05) is 0 Å². The lowest BCUT2D eigenvalue weighted by atomic mass is 9.96. The first kappa shape index (κ1) is 6.14. The van der Waals surface area contributed by atoms with Gasteiger partial charge in [0.2, 0.25) is 0 Å². The lowest BCUT2D eigenvalue weighted by molar-refractivity contribution is -0.114. The molecule has 2 aliphatic rings. The van der Waals surface area contributed by atoms with E-state index in [2.05, 4.69) is 6.08 Å². The molecule has 2 rings (SSSR count). The number of carbonyl (C=O) groups excluding carboxylic acids is 1. The van der Waals surface area contributed by atoms with E-state index in [4.69, 9.17) is 0 Å². The number of fused-ring (bicyclic) bond motifs is 2. The van der Waals surface area contributed by atoms with Crippen LogP contribution in [0.3, 0.4) is 0 Å². The van der Waals surface area contributed by atoms with Gasteiger partial charge >= 0.3 is 0 Å². The average molecular weight is 136 g/mol. The third-order valence-corrected chi connectivity index (χ3v) is 2.73. The fourth-order valence-corrected chi connectivity index (χ4v) is 2.25. The number of rotatable bonds is 1. The summed E-state index contributed by atoms with van der Waals surface area (Å²) < 4.78 is 0. The van der Waals surface area contributed by atoms with Gasteiger partial charge in [0.05, 0.1) is 0 Å². The van der Waals surface area contributed by atoms with E-state index in [1.807, 2.05) is 0 Å². The van der Waals surface area contributed by atoms with E-state index in [1.165, 1.54) is 19.3 Å². The second kappa shape index (κ2) is 1.94. The molecule has 1 saturated carbocycles. The van der Waals surface area contributed by atoms with Gasteiger partial charge in [-0.05, 0) is 43.6 Å². The third kappa shape index (κ3) is 0.731. The van der Waals surface area contributed by atoms with Crippen molar-refractivity contribution in [3.8, 4) is 0 Å². The minimum Gasteiger partial charge on any atom is -0.295 e. The summed E-state index contributed by atoms with van der Waals surface area (Å²) in [6.45, 7) is 1.69. The first-order chi connectivity index (χ1) is 4.77. The van der Waals surface area contributed by atoms with Crippen LogP contribution < -0.4 is 0 Å². The molecule has 1 heteroatoms. The minimum absolute atomic E-state index is 0.298. The summed E-state index contributed by atoms with van der Waals surface area (Å²) in [6.07, 6.45) is 6.03. The summed E-state index contributed by atoms with van der Waals surface area (Å²) in [6, 6.07) is 0. The first-order valence-electron chi connectivity index (χ1n) is 4.00. The summed E-state index contributed by atoms with van der Waals surface area (Å²) in [5.41, 5.74) is 1.12. The smallest absolute Gasteiger partial charge is 0.155 e. The van der Waals surface area contributed by atoms with Crippen LogP contribution >= 0.6 is 0 Å². The Morgan fingerprint density at radius 3 is 2.70 bits per heavy atom. The Labute approximate surface area is 61.1 Å². The highest BCUT2D eigenvalue weighted by Gasteiger charge is 2.34. The van der Waals surface area contributed by atoms with Gasteiger partial charge in [-0.25, -0.2) is 0 Å². The van der Waals surface area contributed by atoms with Crippen LogP contribution in [0.2, 0.25) is 0 Å². The molecule has 0 radical (unpaired) electrons. The minimum atomic E-state index is 0.298. The van der Waals surface area contributed by atoms with Crippen molar-refractivity contribution in [2.24, 2.45) is 11.8 Å². The summed E-state index contributed by atoms with van der Waals surface area (Å²) in [5.74, 6) is 1.69. The second-order valence-corrected chi connectivity index (χ2v) is 3.45. The summed E-state index contributed by atoms with van der Waals surface area (Å²) in [4.78, 5) is 11.0. The van der Waals surface area contributed by atoms with Crippen molar-refractivity contribution in [3.63, 3.8) is 0 Å². The van der Waals surface area contributed by atoms with Crippen molar-refractivity contribution < 1.29 is 4.79 Å². The molecule has 0 unspecified atom stereocenters. The van der Waals surface area contributed by atoms with E-state index >= 15 is 0 Å². The topological polar surface area (TPSA) is 17.1 Å². The molecule has 10 heavy (non-hydrogen) atoms. The van der Waals surface area contributed by atoms with Crippen LogP contribution in [0.5, 0.6) is 0 Å². The highest BCUT2D eigenvalue weighted by molar-refractivity contribution is 5.94. The Bertz CT molecular complexity index is 203. The van der Waals surface area contributed by atoms with E-state index in [9.17, 15) is 4.79 Å². The Morgan fingerprint density at radius 1 is 1.60 bits per heavy atom. The van der Waals surface area contributed by atoms with Crippen LogP contribution in [-0.4, -0.2) is 5.78 Å². The Morgan fingerprint density at radius 2 is 2.40 bits per heavy atom. The first-order valence-corrected chi connectivity index (χ1v) is 4.00. The Kier molecular flexibility index (Phi) is 1.19. The number of allylic oxidation sites excluding steroid dienone is 2. The predicted octanol–water partition coefficient (Wildman–Crippen LogP) is 1.93. The van der Waals surface area contributed by atoms with Crippen LogP contribution in [0.25, 0.3) is 0 Å². The zero-order valence-electron chi connectivity index (χ0n) is 6.26. The van der Waals surface area contributed by atoms with E-state index in [1.54, 1.807) is 6.92 Å². The lowest BCUT2D eigenvalue weighted by Gasteiger charge is -2.08. The van der Waals surface area contributed by atoms with Gasteiger partial charge in [-0.15, -0.1) is 0 Å². The zero-order chi connectivity index (χ0) is 7.14. The third-order valence-electron chi connectivity index (χ3n) is 2.73. The van der Waals surface area contributed by atoms with E-state index in [0.717, 1.165) is 11.5 Å². The molecule has 54 valence electrons. The second-order valence-electron chi connectivity index (χ2n) is 3.45. The Hall–Kier alpha value is -0.590. The van der Waals surface area contributed by atoms with Crippen LogP contribution in [0, 0.1) is 11.8 Å². The van der Waals surface area contributed by atoms with Gasteiger partial charge in [0.1, 0.15) is 0 Å². The number of carbonyl (C=O) groups is 1. The molecule has 1 nitrogen and oxygen atoms in total. The van der Waals surface area contributed by atoms with Gasteiger partial charge in [0.15, 0.2) is 5.78 Å². The summed E-state index contributed by atoms with van der Waals surface area (Å²) in [7, 11) is 0. The van der Waals surface area contributed by atoms with Gasteiger partial charge < -0.3 is 0 Å². The van der Waals surface area contributed by atoms with Crippen molar-refractivity contribution in [1.29, 1.82) is 0 Å². The standard InChI is InChI=1S/C9H12O/c1-6(10)9-5-7-2-3-8(9)4-7/h5,7-8H,2-4H2,1H3/t7-,8+/m1/s1. The van der Waals surface area contributed by atoms with Crippen molar-refractivity contribution >= 4 is 5.78 Å². The predicted molar refractivity (Wildman–Crippen MR) is 39.6 cm³/mol. The highest BCUT2D eigenvalue weighted by atomic mass is 16.1. The molecular formula is C9H12O. The van der Waals surface area contributed by atoms with Crippen molar-refractivity contribution in [2.45, 2.75) is 26.2 Å². The molecule has 0 amide bonds. The summed E-state index contributed by atoms with van der Waals surface area (Å²) >= 11 is 0. The maximum absolute atomic E-state index is 11.0. The SMILES string of the molecule is CC(=O)C1=C[C@@H]2CC[C@H]1C2. The molecule has 0 aromatic heterocycles. The lowest BCUT2D eigenvalue weighted by Crippen LogP contribution is -2.05. The van der Waals surface area contributed by atoms with Gasteiger partial charge in [0.25, 0.3) is 0 Å². The molecule has 0 heterocycles. The zero-order valence-corrected chi connectivity index (χ0v) is 6.26. The molecule has 2 bridgehead atoms. The monoisotopic (exact) mass is 136 g/mol. The molecule has 1 fully saturated rings. The van der Waals surface area contributed by atoms with Gasteiger partial charge in [-0.1, -0.05) is 6.08 Å². The van der Waals surface area contributed by atoms with Crippen molar-refractivity contribution in [3.05, 3.63) is 11.6 Å². The van der Waals surface area contributed by atoms with Crippen molar-refractivity contribution in [1.82, 2.24) is 0 Å². The fraction of sp³-hybridized carbons (Fsp3) is 0.667. The molecule has 0 aromatic carbocycles. The highest BCUT2D eigenvalue weighted by Crippen LogP contribution is 2.43. The molecule has 0 aromatic rings. The molecule has 0 saturated heterocycles. The normalized spacial score (nSPS) is 36.3. The largest absolute Gasteiger partial charge is 0.295 e. The number of Topliss-reactive ketones (excluding diaryl/α,β-unsaturated/α-hetero) is 1.